The Hall–Kier alpha value is -3.09. The summed E-state index contributed by atoms with van der Waals surface area (Å²) in [5.41, 5.74) is 1.96. The third kappa shape index (κ3) is 4.18. The number of hydrogen-bond donors (Lipinski definition) is 2. The van der Waals surface area contributed by atoms with Crippen LogP contribution in [-0.2, 0) is 11.2 Å². The molecule has 0 fully saturated rings. The summed E-state index contributed by atoms with van der Waals surface area (Å²) in [5.74, 6) is -0.940. The molecule has 4 rings (SSSR count). The molecule has 0 spiro atoms. The first kappa shape index (κ1) is 19.2. The molecule has 0 saturated carbocycles. The lowest BCUT2D eigenvalue weighted by Gasteiger charge is -2.06. The number of fused-ring (bicyclic) bond motifs is 1. The van der Waals surface area contributed by atoms with Crippen LogP contribution in [0.1, 0.15) is 22.3 Å². The number of carbonyl (C=O) groups is 2. The SMILES string of the molecule is O=C(CCc1ccccc1)Nc1csc(-c2cc3cc(Cl)ccc3o2)c1C(=O)O. The second-order valence-electron chi connectivity index (χ2n) is 6.49. The molecule has 0 unspecified atom stereocenters. The fraction of sp³-hybridized carbons (Fsp3) is 0.0909. The Morgan fingerprint density at radius 3 is 2.66 bits per heavy atom. The highest BCUT2D eigenvalue weighted by Gasteiger charge is 2.23. The van der Waals surface area contributed by atoms with Crippen molar-refractivity contribution in [1.82, 2.24) is 0 Å². The van der Waals surface area contributed by atoms with Crippen molar-refractivity contribution in [3.8, 4) is 10.6 Å². The largest absolute Gasteiger partial charge is 0.478 e. The number of benzene rings is 2. The Morgan fingerprint density at radius 1 is 1.10 bits per heavy atom. The number of carbonyl (C=O) groups excluding carboxylic acids is 1. The lowest BCUT2D eigenvalue weighted by molar-refractivity contribution is -0.116. The van der Waals surface area contributed by atoms with Crippen LogP contribution < -0.4 is 5.32 Å². The van der Waals surface area contributed by atoms with Gasteiger partial charge < -0.3 is 14.8 Å². The van der Waals surface area contributed by atoms with Gasteiger partial charge in [0.2, 0.25) is 5.91 Å². The average molecular weight is 426 g/mol. The summed E-state index contributed by atoms with van der Waals surface area (Å²) < 4.78 is 5.80. The zero-order valence-electron chi connectivity index (χ0n) is 15.1. The second-order valence-corrected chi connectivity index (χ2v) is 7.80. The van der Waals surface area contributed by atoms with Crippen molar-refractivity contribution in [3.63, 3.8) is 0 Å². The van der Waals surface area contributed by atoms with Gasteiger partial charge in [-0.05, 0) is 36.2 Å². The number of nitrogens with one attached hydrogen (secondary N) is 1. The molecule has 2 aromatic heterocycles. The maximum Gasteiger partial charge on any atom is 0.339 e. The number of furan rings is 1. The zero-order valence-corrected chi connectivity index (χ0v) is 16.7. The summed E-state index contributed by atoms with van der Waals surface area (Å²) in [7, 11) is 0. The number of rotatable bonds is 6. The van der Waals surface area contributed by atoms with E-state index >= 15 is 0 Å². The molecule has 0 aliphatic rings. The van der Waals surface area contributed by atoms with Crippen LogP contribution >= 0.6 is 22.9 Å². The van der Waals surface area contributed by atoms with Gasteiger partial charge in [0.15, 0.2) is 0 Å². The molecule has 2 heterocycles. The van der Waals surface area contributed by atoms with Crippen LogP contribution in [0, 0.1) is 0 Å². The van der Waals surface area contributed by atoms with Gasteiger partial charge in [0.25, 0.3) is 0 Å². The molecule has 0 saturated heterocycles. The Morgan fingerprint density at radius 2 is 1.90 bits per heavy atom. The average Bonchev–Trinajstić information content (AvgIpc) is 3.30. The molecule has 4 aromatic rings. The minimum atomic E-state index is -1.13. The molecule has 29 heavy (non-hydrogen) atoms. The number of halogens is 1. The fourth-order valence-corrected chi connectivity index (χ4v) is 4.21. The maximum absolute atomic E-state index is 12.3. The summed E-state index contributed by atoms with van der Waals surface area (Å²) in [4.78, 5) is 24.7. The lowest BCUT2D eigenvalue weighted by Crippen LogP contribution is -2.14. The molecular formula is C22H16ClNO4S. The van der Waals surface area contributed by atoms with Crippen molar-refractivity contribution in [1.29, 1.82) is 0 Å². The van der Waals surface area contributed by atoms with Crippen molar-refractivity contribution in [2.75, 3.05) is 5.32 Å². The smallest absolute Gasteiger partial charge is 0.339 e. The van der Waals surface area contributed by atoms with Crippen LogP contribution in [0.25, 0.3) is 21.6 Å². The van der Waals surface area contributed by atoms with E-state index in [-0.39, 0.29) is 23.6 Å². The Kier molecular flexibility index (Phi) is 5.38. The first-order chi connectivity index (χ1) is 14.0. The van der Waals surface area contributed by atoms with Gasteiger partial charge >= 0.3 is 5.97 Å². The van der Waals surface area contributed by atoms with Gasteiger partial charge in [-0.2, -0.15) is 0 Å². The number of carboxylic acids is 1. The molecule has 1 amide bonds. The number of carboxylic acid groups (broad SMARTS) is 1. The van der Waals surface area contributed by atoms with Crippen LogP contribution in [0.3, 0.4) is 0 Å². The predicted octanol–water partition coefficient (Wildman–Crippen LogP) is 6.08. The van der Waals surface area contributed by atoms with Crippen LogP contribution in [0.2, 0.25) is 5.02 Å². The molecule has 2 aromatic carbocycles. The predicted molar refractivity (Wildman–Crippen MR) is 115 cm³/mol. The second kappa shape index (κ2) is 8.11. The number of aryl methyl sites for hydroxylation is 1. The van der Waals surface area contributed by atoms with Crippen LogP contribution in [0.5, 0.6) is 0 Å². The molecule has 7 heteroatoms. The van der Waals surface area contributed by atoms with E-state index in [2.05, 4.69) is 5.32 Å². The van der Waals surface area contributed by atoms with Crippen LogP contribution in [-0.4, -0.2) is 17.0 Å². The van der Waals surface area contributed by atoms with Crippen molar-refractivity contribution in [2.45, 2.75) is 12.8 Å². The molecule has 0 radical (unpaired) electrons. The van der Waals surface area contributed by atoms with Crippen molar-refractivity contribution in [2.24, 2.45) is 0 Å². The van der Waals surface area contributed by atoms with E-state index in [1.165, 1.54) is 11.3 Å². The summed E-state index contributed by atoms with van der Waals surface area (Å²) in [6.07, 6.45) is 0.841. The summed E-state index contributed by atoms with van der Waals surface area (Å²) in [6, 6.07) is 16.6. The van der Waals surface area contributed by atoms with Crippen molar-refractivity contribution >= 4 is 51.5 Å². The fourth-order valence-electron chi connectivity index (χ4n) is 3.08. The third-order valence-corrected chi connectivity index (χ3v) is 5.69. The van der Waals surface area contributed by atoms with E-state index in [0.29, 0.717) is 27.7 Å². The summed E-state index contributed by atoms with van der Waals surface area (Å²) in [5, 5.41) is 15.4. The quantitative estimate of drug-likeness (QED) is 0.392. The van der Waals surface area contributed by atoms with Crippen LogP contribution in [0.4, 0.5) is 5.69 Å². The topological polar surface area (TPSA) is 79.5 Å². The minimum absolute atomic E-state index is 0.0215. The zero-order chi connectivity index (χ0) is 20.4. The van der Waals surface area contributed by atoms with Crippen molar-refractivity contribution < 1.29 is 19.1 Å². The highest BCUT2D eigenvalue weighted by Crippen LogP contribution is 2.39. The molecule has 0 atom stereocenters. The first-order valence-corrected chi connectivity index (χ1v) is 10.1. The van der Waals surface area contributed by atoms with Gasteiger partial charge in [-0.25, -0.2) is 4.79 Å². The van der Waals surface area contributed by atoms with Gasteiger partial charge in [-0.3, -0.25) is 4.79 Å². The minimum Gasteiger partial charge on any atom is -0.478 e. The number of hydrogen-bond acceptors (Lipinski definition) is 4. The van der Waals surface area contributed by atoms with Crippen molar-refractivity contribution in [3.05, 3.63) is 76.1 Å². The number of aromatic carboxylic acids is 1. The standard InChI is InChI=1S/C22H16ClNO4S/c23-15-7-8-17-14(10-15)11-18(28-17)21-20(22(26)27)16(12-29-21)24-19(25)9-6-13-4-2-1-3-5-13/h1-5,7-8,10-12H,6,9H2,(H,24,25)(H,26,27). The van der Waals surface area contributed by atoms with Crippen LogP contribution in [0.15, 0.2) is 64.4 Å². The highest BCUT2D eigenvalue weighted by atomic mass is 35.5. The van der Waals surface area contributed by atoms with E-state index in [4.69, 9.17) is 16.0 Å². The molecule has 2 N–H and O–H groups in total. The Balaban J connectivity index is 1.57. The third-order valence-electron chi connectivity index (χ3n) is 4.46. The van der Waals surface area contributed by atoms with E-state index in [0.717, 1.165) is 10.9 Å². The Labute approximate surface area is 175 Å². The van der Waals surface area contributed by atoms with Gasteiger partial charge in [0, 0.05) is 22.2 Å². The number of anilines is 1. The molecule has 0 aliphatic carbocycles. The molecule has 0 aliphatic heterocycles. The normalized spacial score (nSPS) is 10.9. The van der Waals surface area contributed by atoms with E-state index in [1.54, 1.807) is 29.6 Å². The lowest BCUT2D eigenvalue weighted by atomic mass is 10.1. The summed E-state index contributed by atoms with van der Waals surface area (Å²) in [6.45, 7) is 0. The monoisotopic (exact) mass is 425 g/mol. The van der Waals surface area contributed by atoms with Gasteiger partial charge in [-0.1, -0.05) is 41.9 Å². The molecule has 0 bridgehead atoms. The molecule has 146 valence electrons. The highest BCUT2D eigenvalue weighted by molar-refractivity contribution is 7.14. The van der Waals surface area contributed by atoms with Gasteiger partial charge in [0.05, 0.1) is 10.6 Å². The van der Waals surface area contributed by atoms with E-state index in [1.807, 2.05) is 30.3 Å². The van der Waals surface area contributed by atoms with Gasteiger partial charge in [-0.15, -0.1) is 11.3 Å². The van der Waals surface area contributed by atoms with E-state index in [9.17, 15) is 14.7 Å². The van der Waals surface area contributed by atoms with Gasteiger partial charge in [0.1, 0.15) is 16.9 Å². The molecule has 5 nitrogen and oxygen atoms in total. The molecular weight excluding hydrogens is 410 g/mol. The Bertz CT molecular complexity index is 1200. The number of amides is 1. The maximum atomic E-state index is 12.3. The number of thiophene rings is 1. The summed E-state index contributed by atoms with van der Waals surface area (Å²) >= 11 is 7.22. The van der Waals surface area contributed by atoms with E-state index < -0.39 is 5.97 Å². The first-order valence-electron chi connectivity index (χ1n) is 8.89.